The molecule has 1 atom stereocenters. The average molecular weight is 374 g/mol. The fourth-order valence-electron chi connectivity index (χ4n) is 2.60. The third-order valence-corrected chi connectivity index (χ3v) is 3.86. The van der Waals surface area contributed by atoms with Gasteiger partial charge in [-0.05, 0) is 19.4 Å². The van der Waals surface area contributed by atoms with Gasteiger partial charge in [0.1, 0.15) is 5.69 Å². The summed E-state index contributed by atoms with van der Waals surface area (Å²) >= 11 is 0. The van der Waals surface area contributed by atoms with Crippen LogP contribution in [-0.4, -0.2) is 67.3 Å². The van der Waals surface area contributed by atoms with Crippen molar-refractivity contribution in [3.05, 3.63) is 18.0 Å². The maximum absolute atomic E-state index is 12.6. The number of aromatic nitrogens is 2. The molecule has 1 saturated heterocycles. The summed E-state index contributed by atoms with van der Waals surface area (Å²) in [6.07, 6.45) is -2.36. The molecule has 146 valence electrons. The van der Waals surface area contributed by atoms with Crippen LogP contribution in [-0.2, 0) is 10.9 Å². The van der Waals surface area contributed by atoms with E-state index in [9.17, 15) is 13.2 Å². The molecular formula is C16H25F3N6O. The van der Waals surface area contributed by atoms with Gasteiger partial charge in [0.2, 0.25) is 5.95 Å². The highest BCUT2D eigenvalue weighted by atomic mass is 19.4. The minimum absolute atomic E-state index is 0.0588. The van der Waals surface area contributed by atoms with Gasteiger partial charge in [-0.3, -0.25) is 4.99 Å². The zero-order valence-electron chi connectivity index (χ0n) is 15.0. The Morgan fingerprint density at radius 3 is 2.92 bits per heavy atom. The summed E-state index contributed by atoms with van der Waals surface area (Å²) in [5.74, 6) is 1.18. The van der Waals surface area contributed by atoms with Crippen molar-refractivity contribution in [1.82, 2.24) is 20.2 Å². The van der Waals surface area contributed by atoms with Crippen molar-refractivity contribution in [3.8, 4) is 0 Å². The maximum atomic E-state index is 12.6. The summed E-state index contributed by atoms with van der Waals surface area (Å²) in [6, 6.07) is 0.842. The molecule has 2 N–H and O–H groups in total. The van der Waals surface area contributed by atoms with Gasteiger partial charge in [-0.2, -0.15) is 13.2 Å². The van der Waals surface area contributed by atoms with Gasteiger partial charge in [-0.15, -0.1) is 0 Å². The second kappa shape index (κ2) is 9.56. The number of alkyl halides is 3. The first-order chi connectivity index (χ1) is 12.4. The first-order valence-corrected chi connectivity index (χ1v) is 8.61. The molecule has 1 aliphatic heterocycles. The molecule has 1 aromatic heterocycles. The molecule has 2 heterocycles. The van der Waals surface area contributed by atoms with E-state index in [4.69, 9.17) is 4.74 Å². The van der Waals surface area contributed by atoms with E-state index in [1.807, 2.05) is 18.9 Å². The molecule has 1 aromatic rings. The lowest BCUT2D eigenvalue weighted by Crippen LogP contribution is -2.41. The minimum Gasteiger partial charge on any atom is -0.381 e. The van der Waals surface area contributed by atoms with Crippen molar-refractivity contribution in [3.63, 3.8) is 0 Å². The average Bonchev–Trinajstić information content (AvgIpc) is 3.10. The van der Waals surface area contributed by atoms with Crippen molar-refractivity contribution >= 4 is 11.9 Å². The fraction of sp³-hybridized carbons (Fsp3) is 0.688. The Labute approximate surface area is 151 Å². The lowest BCUT2D eigenvalue weighted by Gasteiger charge is -2.24. The Balaban J connectivity index is 1.85. The molecule has 0 spiro atoms. The van der Waals surface area contributed by atoms with Crippen LogP contribution in [0.15, 0.2) is 17.3 Å². The largest absolute Gasteiger partial charge is 0.433 e. The lowest BCUT2D eigenvalue weighted by molar-refractivity contribution is -0.141. The minimum atomic E-state index is -4.48. The summed E-state index contributed by atoms with van der Waals surface area (Å²) in [7, 11) is 1.96. The Bertz CT molecular complexity index is 590. The van der Waals surface area contributed by atoms with Gasteiger partial charge >= 0.3 is 6.18 Å². The highest BCUT2D eigenvalue weighted by molar-refractivity contribution is 5.79. The second-order valence-electron chi connectivity index (χ2n) is 6.04. The molecule has 1 aliphatic rings. The lowest BCUT2D eigenvalue weighted by atomic mass is 10.1. The van der Waals surface area contributed by atoms with Crippen molar-refractivity contribution in [1.29, 1.82) is 0 Å². The van der Waals surface area contributed by atoms with Crippen LogP contribution in [0, 0.1) is 5.92 Å². The Morgan fingerprint density at radius 1 is 1.46 bits per heavy atom. The number of halogens is 3. The summed E-state index contributed by atoms with van der Waals surface area (Å²) in [5, 5.41) is 5.98. The van der Waals surface area contributed by atoms with Crippen LogP contribution < -0.4 is 10.6 Å². The smallest absolute Gasteiger partial charge is 0.381 e. The van der Waals surface area contributed by atoms with Crippen LogP contribution >= 0.6 is 0 Å². The number of rotatable bonds is 7. The van der Waals surface area contributed by atoms with E-state index in [0.717, 1.165) is 50.9 Å². The van der Waals surface area contributed by atoms with Crippen molar-refractivity contribution in [2.75, 3.05) is 51.8 Å². The molecule has 0 radical (unpaired) electrons. The van der Waals surface area contributed by atoms with Crippen molar-refractivity contribution in [2.24, 2.45) is 10.9 Å². The number of nitrogens with zero attached hydrogens (tertiary/aromatic N) is 4. The molecule has 0 amide bonds. The molecule has 0 aromatic carbocycles. The topological polar surface area (TPSA) is 74.7 Å². The van der Waals surface area contributed by atoms with E-state index >= 15 is 0 Å². The standard InChI is InChI=1S/C16H25F3N6O/c1-3-20-15(25(2)10-12-5-9-26-11-12)23-8-7-22-14-21-6-4-13(24-14)16(17,18)19/h4,6,12H,3,5,7-11H2,1-2H3,(H,20,23)(H,21,22,24). The molecular weight excluding hydrogens is 349 g/mol. The predicted molar refractivity (Wildman–Crippen MR) is 93.1 cm³/mol. The van der Waals surface area contributed by atoms with Crippen LogP contribution in [0.1, 0.15) is 19.0 Å². The zero-order valence-corrected chi connectivity index (χ0v) is 15.0. The summed E-state index contributed by atoms with van der Waals surface area (Å²) in [5.41, 5.74) is -0.967. The number of anilines is 1. The summed E-state index contributed by atoms with van der Waals surface area (Å²) in [6.45, 7) is 5.83. The highest BCUT2D eigenvalue weighted by Gasteiger charge is 2.32. The van der Waals surface area contributed by atoms with Gasteiger partial charge in [-0.25, -0.2) is 9.97 Å². The van der Waals surface area contributed by atoms with Crippen LogP contribution in [0.2, 0.25) is 0 Å². The molecule has 2 rings (SSSR count). The number of guanidine groups is 1. The molecule has 7 nitrogen and oxygen atoms in total. The fourth-order valence-corrected chi connectivity index (χ4v) is 2.60. The number of aliphatic imine (C=N–C) groups is 1. The Kier molecular flexibility index (Phi) is 7.43. The zero-order chi connectivity index (χ0) is 19.0. The number of hydrogen-bond acceptors (Lipinski definition) is 5. The van der Waals surface area contributed by atoms with E-state index in [1.54, 1.807) is 0 Å². The quantitative estimate of drug-likeness (QED) is 0.431. The third kappa shape index (κ3) is 6.32. The third-order valence-electron chi connectivity index (χ3n) is 3.86. The predicted octanol–water partition coefficient (Wildman–Crippen LogP) is 1.84. The van der Waals surface area contributed by atoms with E-state index < -0.39 is 11.9 Å². The monoisotopic (exact) mass is 374 g/mol. The number of ether oxygens (including phenoxy) is 1. The molecule has 10 heteroatoms. The first-order valence-electron chi connectivity index (χ1n) is 8.61. The molecule has 0 aliphatic carbocycles. The first kappa shape index (κ1) is 20.2. The molecule has 0 bridgehead atoms. The van der Waals surface area contributed by atoms with Gasteiger partial charge < -0.3 is 20.3 Å². The van der Waals surface area contributed by atoms with Crippen molar-refractivity contribution in [2.45, 2.75) is 19.5 Å². The SMILES string of the molecule is CCNC(=NCCNc1nccc(C(F)(F)F)n1)N(C)CC1CCOC1. The summed E-state index contributed by atoms with van der Waals surface area (Å²) in [4.78, 5) is 13.8. The van der Waals surface area contributed by atoms with Crippen molar-refractivity contribution < 1.29 is 17.9 Å². The van der Waals surface area contributed by atoms with Gasteiger partial charge in [0.15, 0.2) is 5.96 Å². The van der Waals surface area contributed by atoms with E-state index in [0.29, 0.717) is 19.0 Å². The van der Waals surface area contributed by atoms with Crippen LogP contribution in [0.3, 0.4) is 0 Å². The van der Waals surface area contributed by atoms with Crippen LogP contribution in [0.4, 0.5) is 19.1 Å². The molecule has 26 heavy (non-hydrogen) atoms. The normalized spacial score (nSPS) is 18.0. The second-order valence-corrected chi connectivity index (χ2v) is 6.04. The van der Waals surface area contributed by atoms with Gasteiger partial charge in [0, 0.05) is 45.4 Å². The number of hydrogen-bond donors (Lipinski definition) is 2. The Hall–Kier alpha value is -2.10. The van der Waals surface area contributed by atoms with Gasteiger partial charge in [0.05, 0.1) is 13.2 Å². The molecule has 1 unspecified atom stereocenters. The van der Waals surface area contributed by atoms with Crippen LogP contribution in [0.5, 0.6) is 0 Å². The summed E-state index contributed by atoms with van der Waals surface area (Å²) < 4.78 is 43.3. The molecule has 0 saturated carbocycles. The number of nitrogens with one attached hydrogen (secondary N) is 2. The van der Waals surface area contributed by atoms with E-state index in [1.165, 1.54) is 0 Å². The molecule has 1 fully saturated rings. The maximum Gasteiger partial charge on any atom is 0.433 e. The van der Waals surface area contributed by atoms with Crippen LogP contribution in [0.25, 0.3) is 0 Å². The van der Waals surface area contributed by atoms with E-state index in [-0.39, 0.29) is 5.95 Å². The van der Waals surface area contributed by atoms with Gasteiger partial charge in [0.25, 0.3) is 0 Å². The highest BCUT2D eigenvalue weighted by Crippen LogP contribution is 2.27. The van der Waals surface area contributed by atoms with E-state index in [2.05, 4.69) is 25.6 Å². The Morgan fingerprint density at radius 2 is 2.27 bits per heavy atom. The van der Waals surface area contributed by atoms with Gasteiger partial charge in [-0.1, -0.05) is 0 Å².